The van der Waals surface area contributed by atoms with E-state index in [9.17, 15) is 4.79 Å². The van der Waals surface area contributed by atoms with Gasteiger partial charge in [-0.05, 0) is 28.9 Å². The second-order valence-corrected chi connectivity index (χ2v) is 6.46. The number of carbonyl (C=O) groups is 1. The van der Waals surface area contributed by atoms with E-state index in [0.717, 1.165) is 23.1 Å². The van der Waals surface area contributed by atoms with Crippen LogP contribution in [0, 0.1) is 0 Å². The predicted octanol–water partition coefficient (Wildman–Crippen LogP) is 2.10. The van der Waals surface area contributed by atoms with Gasteiger partial charge in [0.2, 0.25) is 0 Å². The molecule has 1 aromatic carbocycles. The summed E-state index contributed by atoms with van der Waals surface area (Å²) < 4.78 is 16.9. The molecule has 23 heavy (non-hydrogen) atoms. The Labute approximate surface area is 144 Å². The molecule has 0 aliphatic carbocycles. The van der Waals surface area contributed by atoms with Gasteiger partial charge in [-0.2, -0.15) is 0 Å². The van der Waals surface area contributed by atoms with Gasteiger partial charge in [-0.3, -0.25) is 9.69 Å². The fraction of sp³-hybridized carbons (Fsp3) is 0.562. The average Bonchev–Trinajstić information content (AvgIpc) is 2.92. The van der Waals surface area contributed by atoms with Crippen molar-refractivity contribution in [2.45, 2.75) is 19.6 Å². The highest BCUT2D eigenvalue weighted by atomic mass is 79.9. The molecular formula is C16H21BrN2O4. The quantitative estimate of drug-likeness (QED) is 0.795. The van der Waals surface area contributed by atoms with E-state index in [2.05, 4.69) is 27.8 Å². The number of ether oxygens (including phenoxy) is 3. The molecule has 2 heterocycles. The Morgan fingerprint density at radius 3 is 2.57 bits per heavy atom. The lowest BCUT2D eigenvalue weighted by atomic mass is 10.1. The highest BCUT2D eigenvalue weighted by Crippen LogP contribution is 2.43. The lowest BCUT2D eigenvalue weighted by Crippen LogP contribution is -2.50. The van der Waals surface area contributed by atoms with Crippen molar-refractivity contribution in [3.05, 3.63) is 21.7 Å². The van der Waals surface area contributed by atoms with Gasteiger partial charge in [0.1, 0.15) is 0 Å². The van der Waals surface area contributed by atoms with Gasteiger partial charge in [0.25, 0.3) is 5.91 Å². The number of hydrogen-bond donors (Lipinski definition) is 0. The molecule has 126 valence electrons. The number of halogens is 1. The van der Waals surface area contributed by atoms with Crippen molar-refractivity contribution in [1.82, 2.24) is 9.80 Å². The van der Waals surface area contributed by atoms with Crippen LogP contribution in [0.4, 0.5) is 0 Å². The van der Waals surface area contributed by atoms with Crippen LogP contribution in [0.3, 0.4) is 0 Å². The third kappa shape index (κ3) is 2.81. The molecule has 7 heteroatoms. The molecule has 0 radical (unpaired) electrons. The van der Waals surface area contributed by atoms with Crippen molar-refractivity contribution in [1.29, 1.82) is 0 Å². The third-order valence-electron chi connectivity index (χ3n) is 4.56. The maximum atomic E-state index is 12.9. The standard InChI is InChI=1S/C16H21BrN2O4/c1-10(18-4-6-23-7-5-18)19-9-12-11(16(19)20)8-13(21-2)15(22-3)14(12)17/h8,10H,4-7,9H2,1-3H3. The zero-order valence-corrected chi connectivity index (χ0v) is 15.2. The highest BCUT2D eigenvalue weighted by molar-refractivity contribution is 9.10. The van der Waals surface area contributed by atoms with Crippen LogP contribution in [0.5, 0.6) is 11.5 Å². The van der Waals surface area contributed by atoms with Gasteiger partial charge in [0.15, 0.2) is 11.5 Å². The van der Waals surface area contributed by atoms with E-state index < -0.39 is 0 Å². The Morgan fingerprint density at radius 2 is 1.96 bits per heavy atom. The summed E-state index contributed by atoms with van der Waals surface area (Å²) in [7, 11) is 3.17. The lowest BCUT2D eigenvalue weighted by molar-refractivity contribution is -0.0205. The molecule has 0 N–H and O–H groups in total. The molecule has 1 fully saturated rings. The van der Waals surface area contributed by atoms with Crippen molar-refractivity contribution >= 4 is 21.8 Å². The van der Waals surface area contributed by atoms with Gasteiger partial charge < -0.3 is 19.1 Å². The van der Waals surface area contributed by atoms with E-state index in [0.29, 0.717) is 36.8 Å². The first kappa shape index (κ1) is 16.5. The monoisotopic (exact) mass is 384 g/mol. The summed E-state index contributed by atoms with van der Waals surface area (Å²) in [6, 6.07) is 1.77. The first-order valence-corrected chi connectivity index (χ1v) is 8.44. The highest BCUT2D eigenvalue weighted by Gasteiger charge is 2.36. The molecule has 2 aliphatic heterocycles. The molecule has 2 aliphatic rings. The minimum atomic E-state index is 0.0284. The molecule has 1 atom stereocenters. The number of methoxy groups -OCH3 is 2. The summed E-state index contributed by atoms with van der Waals surface area (Å²) in [5.41, 5.74) is 1.63. The number of benzene rings is 1. The van der Waals surface area contributed by atoms with Gasteiger partial charge in [-0.25, -0.2) is 0 Å². The number of carbonyl (C=O) groups excluding carboxylic acids is 1. The molecule has 1 saturated heterocycles. The van der Waals surface area contributed by atoms with Gasteiger partial charge in [-0.15, -0.1) is 0 Å². The van der Waals surface area contributed by atoms with Crippen LogP contribution < -0.4 is 9.47 Å². The Bertz CT molecular complexity index is 617. The number of hydrogen-bond acceptors (Lipinski definition) is 5. The number of morpholine rings is 1. The summed E-state index contributed by atoms with van der Waals surface area (Å²) in [6.45, 7) is 5.74. The number of rotatable bonds is 4. The lowest BCUT2D eigenvalue weighted by Gasteiger charge is -2.37. The molecule has 0 spiro atoms. The van der Waals surface area contributed by atoms with Crippen LogP contribution in [0.1, 0.15) is 22.8 Å². The van der Waals surface area contributed by atoms with Crippen LogP contribution >= 0.6 is 15.9 Å². The first-order chi connectivity index (χ1) is 11.1. The second-order valence-electron chi connectivity index (χ2n) is 5.67. The van der Waals surface area contributed by atoms with Crippen molar-refractivity contribution in [2.75, 3.05) is 40.5 Å². The largest absolute Gasteiger partial charge is 0.493 e. The normalized spacial score (nSPS) is 19.7. The Morgan fingerprint density at radius 1 is 1.26 bits per heavy atom. The molecule has 0 bridgehead atoms. The Kier molecular flexibility index (Phi) is 4.79. The van der Waals surface area contributed by atoms with Gasteiger partial charge in [0.05, 0.1) is 38.1 Å². The molecule has 1 amide bonds. The van der Waals surface area contributed by atoms with Crippen LogP contribution in [-0.2, 0) is 11.3 Å². The van der Waals surface area contributed by atoms with Gasteiger partial charge in [0, 0.05) is 30.8 Å². The predicted molar refractivity (Wildman–Crippen MR) is 89.0 cm³/mol. The fourth-order valence-electron chi connectivity index (χ4n) is 3.18. The number of fused-ring (bicyclic) bond motifs is 1. The van der Waals surface area contributed by atoms with Gasteiger partial charge in [-0.1, -0.05) is 0 Å². The minimum absolute atomic E-state index is 0.0284. The van der Waals surface area contributed by atoms with Crippen molar-refractivity contribution in [3.63, 3.8) is 0 Å². The van der Waals surface area contributed by atoms with Crippen molar-refractivity contribution < 1.29 is 19.0 Å². The van der Waals surface area contributed by atoms with E-state index >= 15 is 0 Å². The molecule has 3 rings (SSSR count). The molecular weight excluding hydrogens is 364 g/mol. The molecule has 1 aromatic rings. The number of nitrogens with zero attached hydrogens (tertiary/aromatic N) is 2. The number of amides is 1. The smallest absolute Gasteiger partial charge is 0.255 e. The summed E-state index contributed by atoms with van der Waals surface area (Å²) in [6.07, 6.45) is 0.0303. The maximum absolute atomic E-state index is 12.9. The molecule has 0 aromatic heterocycles. The van der Waals surface area contributed by atoms with E-state index in [1.807, 2.05) is 4.90 Å². The van der Waals surface area contributed by atoms with Crippen LogP contribution in [-0.4, -0.2) is 62.4 Å². The molecule has 6 nitrogen and oxygen atoms in total. The first-order valence-electron chi connectivity index (χ1n) is 7.64. The van der Waals surface area contributed by atoms with E-state index in [-0.39, 0.29) is 12.1 Å². The van der Waals surface area contributed by atoms with Crippen LogP contribution in [0.25, 0.3) is 0 Å². The maximum Gasteiger partial charge on any atom is 0.255 e. The van der Waals surface area contributed by atoms with E-state index in [4.69, 9.17) is 14.2 Å². The average molecular weight is 385 g/mol. The van der Waals surface area contributed by atoms with Crippen molar-refractivity contribution in [2.24, 2.45) is 0 Å². The minimum Gasteiger partial charge on any atom is -0.493 e. The summed E-state index contributed by atoms with van der Waals surface area (Å²) in [5.74, 6) is 1.22. The Hall–Kier alpha value is -1.31. The van der Waals surface area contributed by atoms with Crippen molar-refractivity contribution in [3.8, 4) is 11.5 Å². The van der Waals surface area contributed by atoms with E-state index in [1.54, 1.807) is 20.3 Å². The Balaban J connectivity index is 1.90. The summed E-state index contributed by atoms with van der Waals surface area (Å²) in [4.78, 5) is 17.0. The zero-order valence-electron chi connectivity index (χ0n) is 13.6. The third-order valence-corrected chi connectivity index (χ3v) is 5.40. The summed E-state index contributed by atoms with van der Waals surface area (Å²) >= 11 is 3.57. The summed E-state index contributed by atoms with van der Waals surface area (Å²) in [5, 5.41) is 0. The zero-order chi connectivity index (χ0) is 16.6. The van der Waals surface area contributed by atoms with Crippen LogP contribution in [0.15, 0.2) is 10.5 Å². The SMILES string of the molecule is COc1cc2c(c(Br)c1OC)CN(C(C)N1CCOCC1)C2=O. The van der Waals surface area contributed by atoms with Gasteiger partial charge >= 0.3 is 0 Å². The van der Waals surface area contributed by atoms with E-state index in [1.165, 1.54) is 0 Å². The molecule has 1 unspecified atom stereocenters. The topological polar surface area (TPSA) is 51.2 Å². The molecule has 0 saturated carbocycles. The second kappa shape index (κ2) is 6.67. The van der Waals surface area contributed by atoms with Crippen LogP contribution in [0.2, 0.25) is 0 Å². The fourth-order valence-corrected chi connectivity index (χ4v) is 3.88.